The summed E-state index contributed by atoms with van der Waals surface area (Å²) < 4.78 is 6.15. The lowest BCUT2D eigenvalue weighted by Crippen LogP contribution is -2.63. The number of methoxy groups -OCH3 is 1. The average molecular weight is 383 g/mol. The number of hydrogen-bond donors (Lipinski definition) is 1. The Bertz CT molecular complexity index is 734. The Morgan fingerprint density at radius 2 is 1.75 bits per heavy atom. The highest BCUT2D eigenvalue weighted by Crippen LogP contribution is 2.59. The van der Waals surface area contributed by atoms with Crippen LogP contribution in [0.15, 0.2) is 30.3 Å². The molecule has 5 nitrogen and oxygen atoms in total. The van der Waals surface area contributed by atoms with Crippen molar-refractivity contribution in [3.8, 4) is 0 Å². The van der Waals surface area contributed by atoms with Gasteiger partial charge in [0.1, 0.15) is 0 Å². The van der Waals surface area contributed by atoms with Crippen molar-refractivity contribution < 1.29 is 14.3 Å². The molecule has 4 aliphatic carbocycles. The molecule has 5 fully saturated rings. The summed E-state index contributed by atoms with van der Waals surface area (Å²) in [4.78, 5) is 27.1. The summed E-state index contributed by atoms with van der Waals surface area (Å²) in [5.41, 5.74) is 0.669. The third kappa shape index (κ3) is 2.86. The van der Waals surface area contributed by atoms with Crippen LogP contribution in [0.3, 0.4) is 0 Å². The first-order chi connectivity index (χ1) is 13.6. The van der Waals surface area contributed by atoms with E-state index in [4.69, 9.17) is 4.74 Å². The fourth-order valence-corrected chi connectivity index (χ4v) is 6.79. The van der Waals surface area contributed by atoms with Crippen LogP contribution in [-0.4, -0.2) is 37.6 Å². The summed E-state index contributed by atoms with van der Waals surface area (Å²) in [5.74, 6) is 2.62. The van der Waals surface area contributed by atoms with E-state index in [1.807, 2.05) is 37.4 Å². The maximum absolute atomic E-state index is 12.9. The molecule has 1 aliphatic heterocycles. The van der Waals surface area contributed by atoms with E-state index in [1.165, 1.54) is 32.1 Å². The number of carbonyl (C=O) groups is 2. The lowest BCUT2D eigenvalue weighted by molar-refractivity contribution is -0.188. The Balaban J connectivity index is 1.24. The zero-order valence-electron chi connectivity index (χ0n) is 16.6. The van der Waals surface area contributed by atoms with Gasteiger partial charge in [-0.3, -0.25) is 9.59 Å². The fraction of sp³-hybridized carbons (Fsp3) is 0.652. The van der Waals surface area contributed by atoms with Crippen molar-refractivity contribution in [3.63, 3.8) is 0 Å². The van der Waals surface area contributed by atoms with Crippen molar-refractivity contribution in [2.75, 3.05) is 25.1 Å². The van der Waals surface area contributed by atoms with Crippen LogP contribution in [0.1, 0.15) is 38.5 Å². The largest absolute Gasteiger partial charge is 0.376 e. The number of anilines is 1. The van der Waals surface area contributed by atoms with Gasteiger partial charge in [-0.15, -0.1) is 0 Å². The van der Waals surface area contributed by atoms with Crippen LogP contribution < -0.4 is 10.2 Å². The van der Waals surface area contributed by atoms with Gasteiger partial charge >= 0.3 is 0 Å². The number of hydrogen-bond acceptors (Lipinski definition) is 3. The molecule has 1 atom stereocenters. The lowest BCUT2D eigenvalue weighted by Gasteiger charge is -2.60. The maximum atomic E-state index is 12.9. The van der Waals surface area contributed by atoms with Crippen LogP contribution in [0, 0.1) is 29.6 Å². The van der Waals surface area contributed by atoms with Crippen LogP contribution in [0.5, 0.6) is 0 Å². The molecule has 1 N–H and O–H groups in total. The molecule has 1 aromatic rings. The smallest absolute Gasteiger partial charge is 0.227 e. The van der Waals surface area contributed by atoms with Crippen LogP contribution in [0.4, 0.5) is 5.69 Å². The normalized spacial score (nSPS) is 38.8. The molecule has 4 bridgehead atoms. The number of amides is 2. The Morgan fingerprint density at radius 3 is 2.36 bits per heavy atom. The van der Waals surface area contributed by atoms with E-state index in [2.05, 4.69) is 5.32 Å². The highest BCUT2D eigenvalue weighted by molar-refractivity contribution is 6.00. The first kappa shape index (κ1) is 18.2. The van der Waals surface area contributed by atoms with Gasteiger partial charge in [0.15, 0.2) is 0 Å². The maximum Gasteiger partial charge on any atom is 0.227 e. The third-order valence-corrected chi connectivity index (χ3v) is 8.00. The van der Waals surface area contributed by atoms with Crippen LogP contribution in [-0.2, 0) is 14.3 Å². The topological polar surface area (TPSA) is 58.6 Å². The zero-order chi connectivity index (χ0) is 19.3. The van der Waals surface area contributed by atoms with Gasteiger partial charge in [0.05, 0.1) is 11.5 Å². The van der Waals surface area contributed by atoms with E-state index in [0.717, 1.165) is 17.5 Å². The third-order valence-electron chi connectivity index (χ3n) is 8.00. The van der Waals surface area contributed by atoms with Gasteiger partial charge in [0.25, 0.3) is 0 Å². The first-order valence-electron chi connectivity index (χ1n) is 10.8. The second-order valence-electron chi connectivity index (χ2n) is 9.42. The summed E-state index contributed by atoms with van der Waals surface area (Å²) in [6, 6.07) is 9.62. The molecule has 4 saturated carbocycles. The molecule has 28 heavy (non-hydrogen) atoms. The van der Waals surface area contributed by atoms with E-state index in [-0.39, 0.29) is 29.8 Å². The van der Waals surface area contributed by atoms with E-state index in [0.29, 0.717) is 24.9 Å². The quantitative estimate of drug-likeness (QED) is 0.852. The van der Waals surface area contributed by atoms with Crippen molar-refractivity contribution in [2.45, 2.75) is 44.1 Å². The Kier molecular flexibility index (Phi) is 4.46. The number of rotatable bonds is 5. The molecular formula is C23H30N2O3. The summed E-state index contributed by atoms with van der Waals surface area (Å²) >= 11 is 0. The molecule has 150 valence electrons. The zero-order valence-corrected chi connectivity index (χ0v) is 16.6. The predicted molar refractivity (Wildman–Crippen MR) is 107 cm³/mol. The molecule has 1 saturated heterocycles. The molecular weight excluding hydrogens is 352 g/mol. The van der Waals surface area contributed by atoms with Crippen molar-refractivity contribution in [2.24, 2.45) is 29.6 Å². The van der Waals surface area contributed by atoms with Gasteiger partial charge in [-0.1, -0.05) is 18.2 Å². The summed E-state index contributed by atoms with van der Waals surface area (Å²) in [6.45, 7) is 1.05. The van der Waals surface area contributed by atoms with Crippen LogP contribution in [0.2, 0.25) is 0 Å². The van der Waals surface area contributed by atoms with Crippen LogP contribution >= 0.6 is 0 Å². The standard InChI is InChI=1S/C23H30N2O3/c1-28-23(18-8-15-7-16(10-18)11-19(23)9-15)14-24-22(27)17-12-21(26)25(13-17)20-5-3-2-4-6-20/h2-6,15-19H,7-14H2,1H3,(H,24,27). The van der Waals surface area contributed by atoms with Crippen molar-refractivity contribution in [1.82, 2.24) is 5.32 Å². The highest BCUT2D eigenvalue weighted by Gasteiger charge is 2.57. The number of ether oxygens (including phenoxy) is 1. The Labute approximate surface area is 166 Å². The highest BCUT2D eigenvalue weighted by atomic mass is 16.5. The van der Waals surface area contributed by atoms with E-state index < -0.39 is 0 Å². The molecule has 0 aromatic heterocycles. The summed E-state index contributed by atoms with van der Waals surface area (Å²) in [5, 5.41) is 3.19. The number of nitrogens with one attached hydrogen (secondary N) is 1. The lowest BCUT2D eigenvalue weighted by atomic mass is 9.49. The minimum absolute atomic E-state index is 0.00277. The molecule has 1 aromatic carbocycles. The van der Waals surface area contributed by atoms with Crippen molar-refractivity contribution in [1.29, 1.82) is 0 Å². The minimum atomic E-state index is -0.279. The van der Waals surface area contributed by atoms with Gasteiger partial charge in [-0.2, -0.15) is 0 Å². The van der Waals surface area contributed by atoms with Gasteiger partial charge in [0.2, 0.25) is 11.8 Å². The monoisotopic (exact) mass is 382 g/mol. The number of para-hydroxylation sites is 1. The second-order valence-corrected chi connectivity index (χ2v) is 9.42. The minimum Gasteiger partial charge on any atom is -0.376 e. The van der Waals surface area contributed by atoms with E-state index in [9.17, 15) is 9.59 Å². The van der Waals surface area contributed by atoms with Crippen LogP contribution in [0.25, 0.3) is 0 Å². The number of carbonyl (C=O) groups excluding carboxylic acids is 2. The molecule has 6 rings (SSSR count). The molecule has 2 amide bonds. The molecule has 1 heterocycles. The van der Waals surface area contributed by atoms with Gasteiger partial charge in [-0.25, -0.2) is 0 Å². The van der Waals surface area contributed by atoms with Gasteiger partial charge in [-0.05, 0) is 67.9 Å². The molecule has 1 unspecified atom stereocenters. The number of benzene rings is 1. The SMILES string of the molecule is COC1(CNC(=O)C2CC(=O)N(c3ccccc3)C2)C2CC3CC(C2)CC1C3. The molecule has 0 spiro atoms. The Hall–Kier alpha value is -1.88. The molecule has 0 radical (unpaired) electrons. The summed E-state index contributed by atoms with van der Waals surface area (Å²) in [6.07, 6.45) is 6.69. The van der Waals surface area contributed by atoms with Gasteiger partial charge < -0.3 is 15.0 Å². The van der Waals surface area contributed by atoms with Crippen molar-refractivity contribution >= 4 is 17.5 Å². The van der Waals surface area contributed by atoms with Gasteiger partial charge in [0, 0.05) is 32.3 Å². The Morgan fingerprint density at radius 1 is 1.11 bits per heavy atom. The number of nitrogens with zero attached hydrogens (tertiary/aromatic N) is 1. The predicted octanol–water partition coefficient (Wildman–Crippen LogP) is 3.00. The molecule has 5 aliphatic rings. The average Bonchev–Trinajstić information content (AvgIpc) is 3.10. The molecule has 5 heteroatoms. The fourth-order valence-electron chi connectivity index (χ4n) is 6.79. The summed E-state index contributed by atoms with van der Waals surface area (Å²) in [7, 11) is 1.82. The van der Waals surface area contributed by atoms with E-state index >= 15 is 0 Å². The van der Waals surface area contributed by atoms with Crippen molar-refractivity contribution in [3.05, 3.63) is 30.3 Å². The second kappa shape index (κ2) is 6.87. The first-order valence-corrected chi connectivity index (χ1v) is 10.8. The van der Waals surface area contributed by atoms with E-state index in [1.54, 1.807) is 4.90 Å².